The van der Waals surface area contributed by atoms with Crippen molar-refractivity contribution in [1.29, 1.82) is 0 Å². The number of hydrogen-bond donors (Lipinski definition) is 3. The van der Waals surface area contributed by atoms with E-state index in [0.29, 0.717) is 24.3 Å². The van der Waals surface area contributed by atoms with Crippen molar-refractivity contribution in [3.05, 3.63) is 59.8 Å². The second-order valence-electron chi connectivity index (χ2n) is 10.1. The van der Waals surface area contributed by atoms with Crippen LogP contribution < -0.4 is 16.0 Å². The van der Waals surface area contributed by atoms with Gasteiger partial charge < -0.3 is 30.6 Å². The summed E-state index contributed by atoms with van der Waals surface area (Å²) in [4.78, 5) is 43.9. The summed E-state index contributed by atoms with van der Waals surface area (Å²) in [6, 6.07) is 13.6. The number of hydrogen-bond acceptors (Lipinski definition) is 6. The van der Waals surface area contributed by atoms with Crippen molar-refractivity contribution in [1.82, 2.24) is 9.88 Å². The lowest BCUT2D eigenvalue weighted by molar-refractivity contribution is -0.119. The monoisotopic (exact) mass is 493 g/mol. The lowest BCUT2D eigenvalue weighted by Gasteiger charge is -2.21. The summed E-state index contributed by atoms with van der Waals surface area (Å²) in [5.74, 6) is -0.809. The molecule has 9 nitrogen and oxygen atoms in total. The molecule has 1 heterocycles. The average molecular weight is 494 g/mol. The molecule has 0 radical (unpaired) electrons. The summed E-state index contributed by atoms with van der Waals surface area (Å²) in [6.07, 6.45) is 0.310. The number of rotatable bonds is 8. The number of ether oxygens (including phenoxy) is 1. The molecule has 1 aromatic heterocycles. The number of nitrogens with zero attached hydrogens (tertiary/aromatic N) is 2. The zero-order valence-corrected chi connectivity index (χ0v) is 21.7. The van der Waals surface area contributed by atoms with E-state index in [9.17, 15) is 14.4 Å². The second kappa shape index (κ2) is 10.9. The molecule has 192 valence electrons. The van der Waals surface area contributed by atoms with Gasteiger partial charge in [-0.05, 0) is 83.2 Å². The highest BCUT2D eigenvalue weighted by molar-refractivity contribution is 5.99. The molecule has 4 N–H and O–H groups in total. The number of nitrogens with two attached hydrogens (primary N) is 1. The summed E-state index contributed by atoms with van der Waals surface area (Å²) in [5, 5.41) is 3.61. The molecule has 0 aliphatic carbocycles. The SMILES string of the molecule is CN(C)CC(=O)N(C)c1cccc(C[C@H](N)C(=O)Nc2ccc3[nH]c(C(=O)OC(C)(C)C)cc3c2)c1. The van der Waals surface area contributed by atoms with Gasteiger partial charge in [0.25, 0.3) is 0 Å². The number of fused-ring (bicyclic) bond motifs is 1. The largest absolute Gasteiger partial charge is 0.455 e. The maximum Gasteiger partial charge on any atom is 0.355 e. The van der Waals surface area contributed by atoms with Crippen LogP contribution in [0.5, 0.6) is 0 Å². The number of carbonyl (C=O) groups excluding carboxylic acids is 3. The van der Waals surface area contributed by atoms with Gasteiger partial charge in [0.15, 0.2) is 0 Å². The summed E-state index contributed by atoms with van der Waals surface area (Å²) >= 11 is 0. The molecule has 0 fully saturated rings. The molecule has 0 spiro atoms. The maximum absolute atomic E-state index is 12.8. The molecule has 0 aliphatic rings. The van der Waals surface area contributed by atoms with Crippen molar-refractivity contribution >= 4 is 40.1 Å². The van der Waals surface area contributed by atoms with Gasteiger partial charge in [0.1, 0.15) is 11.3 Å². The standard InChI is InChI=1S/C27H35N5O4/c1-27(2,3)36-26(35)23-15-18-14-19(10-11-22(18)30-23)29-25(34)21(28)13-17-8-7-9-20(12-17)32(6)24(33)16-31(4)5/h7-12,14-15,21,30H,13,16,28H2,1-6H3,(H,29,34)/t21-/m0/s1. The van der Waals surface area contributed by atoms with Gasteiger partial charge in [0.05, 0.1) is 12.6 Å². The van der Waals surface area contributed by atoms with Crippen molar-refractivity contribution < 1.29 is 19.1 Å². The number of esters is 1. The van der Waals surface area contributed by atoms with Crippen LogP contribution in [0.3, 0.4) is 0 Å². The normalized spacial score (nSPS) is 12.4. The Bertz CT molecular complexity index is 1260. The van der Waals surface area contributed by atoms with Crippen molar-refractivity contribution in [3.63, 3.8) is 0 Å². The van der Waals surface area contributed by atoms with E-state index in [-0.39, 0.29) is 11.8 Å². The van der Waals surface area contributed by atoms with Crippen LogP contribution in [0, 0.1) is 0 Å². The number of amides is 2. The van der Waals surface area contributed by atoms with Gasteiger partial charge in [-0.2, -0.15) is 0 Å². The quantitative estimate of drug-likeness (QED) is 0.415. The zero-order chi connectivity index (χ0) is 26.6. The lowest BCUT2D eigenvalue weighted by Crippen LogP contribution is -2.37. The Morgan fingerprint density at radius 1 is 1.06 bits per heavy atom. The average Bonchev–Trinajstić information content (AvgIpc) is 3.21. The number of carbonyl (C=O) groups is 3. The van der Waals surface area contributed by atoms with Crippen molar-refractivity contribution in [3.8, 4) is 0 Å². The first kappa shape index (κ1) is 26.9. The zero-order valence-electron chi connectivity index (χ0n) is 21.7. The van der Waals surface area contributed by atoms with Crippen LogP contribution >= 0.6 is 0 Å². The van der Waals surface area contributed by atoms with E-state index in [1.165, 1.54) is 0 Å². The highest BCUT2D eigenvalue weighted by atomic mass is 16.6. The number of H-pyrrole nitrogens is 1. The fraction of sp³-hybridized carbons (Fsp3) is 0.370. The Labute approximate surface area is 211 Å². The van der Waals surface area contributed by atoms with E-state index in [1.807, 2.05) is 64.0 Å². The van der Waals surface area contributed by atoms with E-state index in [1.54, 1.807) is 36.2 Å². The Morgan fingerprint density at radius 3 is 2.44 bits per heavy atom. The Balaban J connectivity index is 1.65. The van der Waals surface area contributed by atoms with Crippen LogP contribution in [0.25, 0.3) is 10.9 Å². The smallest absolute Gasteiger partial charge is 0.355 e. The number of benzene rings is 2. The maximum atomic E-state index is 12.8. The van der Waals surface area contributed by atoms with Crippen LogP contribution in [0.1, 0.15) is 36.8 Å². The minimum atomic E-state index is -0.790. The van der Waals surface area contributed by atoms with Crippen LogP contribution in [-0.2, 0) is 20.7 Å². The Hall–Kier alpha value is -3.69. The molecule has 0 saturated carbocycles. The van der Waals surface area contributed by atoms with Gasteiger partial charge >= 0.3 is 5.97 Å². The van der Waals surface area contributed by atoms with E-state index in [2.05, 4.69) is 10.3 Å². The second-order valence-corrected chi connectivity index (χ2v) is 10.1. The minimum Gasteiger partial charge on any atom is -0.455 e. The predicted molar refractivity (Wildman–Crippen MR) is 142 cm³/mol. The first-order valence-corrected chi connectivity index (χ1v) is 11.7. The van der Waals surface area contributed by atoms with Crippen LogP contribution in [0.2, 0.25) is 0 Å². The fourth-order valence-corrected chi connectivity index (χ4v) is 3.65. The molecule has 2 aromatic carbocycles. The van der Waals surface area contributed by atoms with Gasteiger partial charge in [0, 0.05) is 29.3 Å². The number of aromatic nitrogens is 1. The van der Waals surface area contributed by atoms with E-state index in [4.69, 9.17) is 10.5 Å². The summed E-state index contributed by atoms with van der Waals surface area (Å²) in [5.41, 5.74) is 8.86. The molecule has 3 rings (SSSR count). The molecule has 3 aromatic rings. The third-order valence-electron chi connectivity index (χ3n) is 5.42. The molecule has 0 bridgehead atoms. The van der Waals surface area contributed by atoms with E-state index in [0.717, 1.165) is 22.2 Å². The molecule has 0 unspecified atom stereocenters. The molecule has 9 heteroatoms. The summed E-state index contributed by atoms with van der Waals surface area (Å²) < 4.78 is 5.41. The van der Waals surface area contributed by atoms with Crippen molar-refractivity contribution in [2.75, 3.05) is 37.9 Å². The van der Waals surface area contributed by atoms with Crippen LogP contribution in [0.4, 0.5) is 11.4 Å². The number of nitrogens with one attached hydrogen (secondary N) is 2. The van der Waals surface area contributed by atoms with Crippen LogP contribution in [-0.4, -0.2) is 67.0 Å². The number of aromatic amines is 1. The summed E-state index contributed by atoms with van der Waals surface area (Å²) in [6.45, 7) is 5.73. The number of likely N-dealkylation sites (N-methyl/N-ethyl adjacent to an activating group) is 2. The molecule has 2 amide bonds. The minimum absolute atomic E-state index is 0.0332. The first-order valence-electron chi connectivity index (χ1n) is 11.7. The molecule has 0 saturated heterocycles. The van der Waals surface area contributed by atoms with Gasteiger partial charge in [-0.3, -0.25) is 9.59 Å². The first-order chi connectivity index (χ1) is 16.8. The highest BCUT2D eigenvalue weighted by Gasteiger charge is 2.20. The molecule has 1 atom stereocenters. The third-order valence-corrected chi connectivity index (χ3v) is 5.42. The van der Waals surface area contributed by atoms with E-state index >= 15 is 0 Å². The van der Waals surface area contributed by atoms with Gasteiger partial charge in [-0.15, -0.1) is 0 Å². The molecule has 0 aliphatic heterocycles. The Kier molecular flexibility index (Phi) is 8.17. The van der Waals surface area contributed by atoms with Crippen LogP contribution in [0.15, 0.2) is 48.5 Å². The molecular formula is C27H35N5O4. The Morgan fingerprint density at radius 2 is 1.78 bits per heavy atom. The topological polar surface area (TPSA) is 121 Å². The highest BCUT2D eigenvalue weighted by Crippen LogP contribution is 2.22. The fourth-order valence-electron chi connectivity index (χ4n) is 3.65. The summed E-state index contributed by atoms with van der Waals surface area (Å²) in [7, 11) is 5.41. The van der Waals surface area contributed by atoms with Crippen molar-refractivity contribution in [2.24, 2.45) is 5.73 Å². The lowest BCUT2D eigenvalue weighted by atomic mass is 10.0. The van der Waals surface area contributed by atoms with Gasteiger partial charge in [-0.25, -0.2) is 4.79 Å². The number of anilines is 2. The van der Waals surface area contributed by atoms with Gasteiger partial charge in [-0.1, -0.05) is 12.1 Å². The van der Waals surface area contributed by atoms with Crippen molar-refractivity contribution in [2.45, 2.75) is 38.8 Å². The third kappa shape index (κ3) is 7.16. The van der Waals surface area contributed by atoms with Gasteiger partial charge in [0.2, 0.25) is 11.8 Å². The molecule has 36 heavy (non-hydrogen) atoms. The molecular weight excluding hydrogens is 458 g/mol. The van der Waals surface area contributed by atoms with E-state index < -0.39 is 17.6 Å². The predicted octanol–water partition coefficient (Wildman–Crippen LogP) is 3.16.